The van der Waals surface area contributed by atoms with Gasteiger partial charge in [0.05, 0.1) is 0 Å². The van der Waals surface area contributed by atoms with Gasteiger partial charge in [-0.3, -0.25) is 4.79 Å². The van der Waals surface area contributed by atoms with E-state index in [1.165, 1.54) is 0 Å². The fourth-order valence-corrected chi connectivity index (χ4v) is 0.858. The van der Waals surface area contributed by atoms with Crippen molar-refractivity contribution in [1.29, 1.82) is 0 Å². The standard InChI is InChI=1S/C5H11NO2S.HO3P/c1-9-3-2-4(6)5(7)8;1-4(2)3/h4H,2-3,6H2,1H3,(H,7,8);(H-,1,2,3)/p+1. The van der Waals surface area contributed by atoms with Crippen molar-refractivity contribution in [1.82, 2.24) is 0 Å². The third-order valence-corrected chi connectivity index (χ3v) is 1.59. The first-order chi connectivity index (χ1) is 5.91. The largest absolute Gasteiger partial charge is 0.692 e. The molecule has 0 spiro atoms. The van der Waals surface area contributed by atoms with Crippen LogP contribution in [0.25, 0.3) is 0 Å². The number of carboxylic acid groups (broad SMARTS) is 1. The van der Waals surface area contributed by atoms with Crippen molar-refractivity contribution in [2.75, 3.05) is 12.0 Å². The summed E-state index contributed by atoms with van der Waals surface area (Å²) in [6, 6.07) is -0.683. The van der Waals surface area contributed by atoms with E-state index in [2.05, 4.69) is 0 Å². The highest BCUT2D eigenvalue weighted by atomic mass is 32.2. The van der Waals surface area contributed by atoms with Gasteiger partial charge < -0.3 is 10.8 Å². The van der Waals surface area contributed by atoms with E-state index in [9.17, 15) is 4.79 Å². The van der Waals surface area contributed by atoms with Crippen LogP contribution in [0.2, 0.25) is 0 Å². The molecule has 0 aromatic rings. The van der Waals surface area contributed by atoms with Gasteiger partial charge in [0, 0.05) is 4.57 Å². The molecule has 6 nitrogen and oxygen atoms in total. The Labute approximate surface area is 81.1 Å². The summed E-state index contributed by atoms with van der Waals surface area (Å²) in [5.41, 5.74) is 5.19. The van der Waals surface area contributed by atoms with Gasteiger partial charge in [0.1, 0.15) is 6.04 Å². The SMILES string of the molecule is CSCCC(N)C(=O)O.O=[P+](O)O. The van der Waals surface area contributed by atoms with E-state index >= 15 is 0 Å². The highest BCUT2D eigenvalue weighted by molar-refractivity contribution is 7.98. The number of carbonyl (C=O) groups is 1. The molecule has 0 fully saturated rings. The smallest absolute Gasteiger partial charge is 0.480 e. The average molecular weight is 230 g/mol. The first kappa shape index (κ1) is 15.3. The Bertz CT molecular complexity index is 163. The Hall–Kier alpha value is -0.200. The van der Waals surface area contributed by atoms with Gasteiger partial charge in [-0.15, -0.1) is 9.79 Å². The summed E-state index contributed by atoms with van der Waals surface area (Å²) in [6.45, 7) is 0. The minimum Gasteiger partial charge on any atom is -0.480 e. The molecule has 78 valence electrons. The van der Waals surface area contributed by atoms with Crippen LogP contribution >= 0.6 is 20.0 Å². The van der Waals surface area contributed by atoms with E-state index in [1.807, 2.05) is 6.26 Å². The summed E-state index contributed by atoms with van der Waals surface area (Å²) >= 11 is 1.60. The fourth-order valence-electron chi connectivity index (χ4n) is 0.368. The normalized spacial score (nSPS) is 11.1. The third kappa shape index (κ3) is 18.6. The summed E-state index contributed by atoms with van der Waals surface area (Å²) in [5.74, 6) is -0.1000. The molecule has 0 rings (SSSR count). The number of hydrogen-bond donors (Lipinski definition) is 4. The number of aliphatic carboxylic acids is 1. The zero-order chi connectivity index (χ0) is 10.9. The summed E-state index contributed by atoms with van der Waals surface area (Å²) < 4.78 is 8.70. The van der Waals surface area contributed by atoms with Crippen LogP contribution in [0.5, 0.6) is 0 Å². The molecule has 5 N–H and O–H groups in total. The Morgan fingerprint density at radius 1 is 1.62 bits per heavy atom. The molecular formula is C5H13NO5PS+. The van der Waals surface area contributed by atoms with E-state index in [0.29, 0.717) is 6.42 Å². The summed E-state index contributed by atoms with van der Waals surface area (Å²) in [6.07, 6.45) is 2.48. The number of carboxylic acids is 1. The van der Waals surface area contributed by atoms with Crippen molar-refractivity contribution in [2.24, 2.45) is 5.73 Å². The van der Waals surface area contributed by atoms with E-state index in [4.69, 9.17) is 25.2 Å². The van der Waals surface area contributed by atoms with Crippen LogP contribution in [0.3, 0.4) is 0 Å². The maximum atomic E-state index is 10.1. The highest BCUT2D eigenvalue weighted by Gasteiger charge is 2.08. The Balaban J connectivity index is 0. The van der Waals surface area contributed by atoms with E-state index < -0.39 is 20.3 Å². The monoisotopic (exact) mass is 230 g/mol. The van der Waals surface area contributed by atoms with Gasteiger partial charge in [0.15, 0.2) is 0 Å². The van der Waals surface area contributed by atoms with E-state index in [-0.39, 0.29) is 0 Å². The number of hydrogen-bond acceptors (Lipinski definition) is 4. The molecule has 0 aliphatic rings. The first-order valence-electron chi connectivity index (χ1n) is 3.24. The number of thioether (sulfide) groups is 1. The van der Waals surface area contributed by atoms with Gasteiger partial charge in [-0.1, -0.05) is 0 Å². The number of rotatable bonds is 4. The van der Waals surface area contributed by atoms with Crippen molar-refractivity contribution < 1.29 is 24.3 Å². The van der Waals surface area contributed by atoms with Crippen LogP contribution in [0.1, 0.15) is 6.42 Å². The van der Waals surface area contributed by atoms with E-state index in [1.54, 1.807) is 11.8 Å². The predicted molar refractivity (Wildman–Crippen MR) is 50.7 cm³/mol. The van der Waals surface area contributed by atoms with Crippen LogP contribution < -0.4 is 5.73 Å². The lowest BCUT2D eigenvalue weighted by atomic mass is 10.2. The van der Waals surface area contributed by atoms with Gasteiger partial charge >= 0.3 is 14.2 Å². The maximum Gasteiger partial charge on any atom is 0.692 e. The Morgan fingerprint density at radius 2 is 2.00 bits per heavy atom. The van der Waals surface area contributed by atoms with Crippen molar-refractivity contribution in [3.63, 3.8) is 0 Å². The lowest BCUT2D eigenvalue weighted by molar-refractivity contribution is -0.138. The zero-order valence-electron chi connectivity index (χ0n) is 7.08. The predicted octanol–water partition coefficient (Wildman–Crippen LogP) is -0.220. The molecule has 13 heavy (non-hydrogen) atoms. The molecule has 1 atom stereocenters. The summed E-state index contributed by atoms with van der Waals surface area (Å²) in [5, 5.41) is 8.27. The first-order valence-corrected chi connectivity index (χ1v) is 5.80. The Morgan fingerprint density at radius 3 is 2.23 bits per heavy atom. The van der Waals surface area contributed by atoms with Gasteiger partial charge in [0.2, 0.25) is 0 Å². The second kappa shape index (κ2) is 9.88. The molecule has 0 saturated carbocycles. The van der Waals surface area contributed by atoms with Crippen LogP contribution in [-0.2, 0) is 9.36 Å². The molecular weight excluding hydrogens is 217 g/mol. The summed E-state index contributed by atoms with van der Waals surface area (Å²) in [4.78, 5) is 24.3. The quantitative estimate of drug-likeness (QED) is 0.492. The molecule has 0 aliphatic heterocycles. The molecule has 0 amide bonds. The number of nitrogens with two attached hydrogens (primary N) is 1. The minimum absolute atomic E-state index is 0.552. The molecule has 0 radical (unpaired) electrons. The van der Waals surface area contributed by atoms with Crippen LogP contribution in [-0.4, -0.2) is 38.9 Å². The van der Waals surface area contributed by atoms with Crippen molar-refractivity contribution >= 4 is 26.0 Å². The van der Waals surface area contributed by atoms with Gasteiger partial charge in [-0.05, 0) is 18.4 Å². The van der Waals surface area contributed by atoms with Gasteiger partial charge in [0.25, 0.3) is 0 Å². The van der Waals surface area contributed by atoms with Crippen molar-refractivity contribution in [3.8, 4) is 0 Å². The highest BCUT2D eigenvalue weighted by Crippen LogP contribution is 1.98. The second-order valence-electron chi connectivity index (χ2n) is 1.98. The molecule has 0 heterocycles. The lowest BCUT2D eigenvalue weighted by Crippen LogP contribution is -2.30. The molecule has 8 heteroatoms. The topological polar surface area (TPSA) is 121 Å². The molecule has 0 saturated heterocycles. The fraction of sp³-hybridized carbons (Fsp3) is 0.800. The van der Waals surface area contributed by atoms with Crippen LogP contribution in [0.15, 0.2) is 0 Å². The average Bonchev–Trinajstić information content (AvgIpc) is 1.98. The molecule has 0 bridgehead atoms. The second-order valence-corrected chi connectivity index (χ2v) is 3.47. The lowest BCUT2D eigenvalue weighted by Gasteiger charge is -2.02. The van der Waals surface area contributed by atoms with E-state index in [0.717, 1.165) is 5.75 Å². The maximum absolute atomic E-state index is 10.1. The molecule has 0 aromatic heterocycles. The van der Waals surface area contributed by atoms with Crippen LogP contribution in [0.4, 0.5) is 0 Å². The zero-order valence-corrected chi connectivity index (χ0v) is 8.79. The van der Waals surface area contributed by atoms with Gasteiger partial charge in [-0.2, -0.15) is 11.8 Å². The Kier molecular flexibility index (Phi) is 11.6. The minimum atomic E-state index is -2.87. The summed E-state index contributed by atoms with van der Waals surface area (Å²) in [7, 11) is -2.87. The van der Waals surface area contributed by atoms with Crippen LogP contribution in [0, 0.1) is 0 Å². The molecule has 1 unspecified atom stereocenters. The molecule has 0 aromatic carbocycles. The van der Waals surface area contributed by atoms with Crippen molar-refractivity contribution in [2.45, 2.75) is 12.5 Å². The third-order valence-electron chi connectivity index (χ3n) is 0.950. The van der Waals surface area contributed by atoms with Crippen molar-refractivity contribution in [3.05, 3.63) is 0 Å². The van der Waals surface area contributed by atoms with Gasteiger partial charge in [-0.25, -0.2) is 0 Å². The molecule has 0 aliphatic carbocycles.